The summed E-state index contributed by atoms with van der Waals surface area (Å²) in [5.41, 5.74) is 0.292. The molecule has 0 unspecified atom stereocenters. The van der Waals surface area contributed by atoms with Gasteiger partial charge in [-0.15, -0.1) is 0 Å². The number of alkyl halides is 2. The summed E-state index contributed by atoms with van der Waals surface area (Å²) in [7, 11) is 1.96. The number of hydrogen-bond donors (Lipinski definition) is 1. The van der Waals surface area contributed by atoms with Crippen LogP contribution in [0.3, 0.4) is 0 Å². The molecule has 0 atom stereocenters. The zero-order valence-corrected chi connectivity index (χ0v) is 11.0. The predicted octanol–water partition coefficient (Wildman–Crippen LogP) is 2.39. The van der Waals surface area contributed by atoms with Crippen molar-refractivity contribution in [1.82, 2.24) is 10.2 Å². The molecule has 1 rings (SSSR count). The molecule has 1 heterocycles. The Labute approximate surface area is 98.4 Å². The fourth-order valence-electron chi connectivity index (χ4n) is 1.34. The average molecular weight is 236 g/mol. The lowest BCUT2D eigenvalue weighted by molar-refractivity contribution is 0.167. The van der Waals surface area contributed by atoms with Crippen LogP contribution in [-0.4, -0.2) is 50.0 Å². The van der Waals surface area contributed by atoms with Crippen LogP contribution in [0.25, 0.3) is 0 Å². The molecule has 0 amide bonds. The molecule has 1 fully saturated rings. The van der Waals surface area contributed by atoms with Gasteiger partial charge in [0.15, 0.2) is 0 Å². The topological polar surface area (TPSA) is 15.3 Å². The van der Waals surface area contributed by atoms with E-state index in [2.05, 4.69) is 26.1 Å². The second-order valence-electron chi connectivity index (χ2n) is 5.21. The van der Waals surface area contributed by atoms with Crippen molar-refractivity contribution >= 4 is 0 Å². The highest BCUT2D eigenvalue weighted by Gasteiger charge is 2.20. The smallest absolute Gasteiger partial charge is 0.107 e. The number of nitrogens with zero attached hydrogens (tertiary/aromatic N) is 1. The minimum absolute atomic E-state index is 0.292. The van der Waals surface area contributed by atoms with Gasteiger partial charge >= 0.3 is 0 Å². The van der Waals surface area contributed by atoms with E-state index in [-0.39, 0.29) is 0 Å². The molecule has 0 bridgehead atoms. The van der Waals surface area contributed by atoms with Crippen molar-refractivity contribution in [2.45, 2.75) is 45.2 Å². The minimum Gasteiger partial charge on any atom is -0.315 e. The molecule has 0 aliphatic carbocycles. The van der Waals surface area contributed by atoms with Crippen LogP contribution in [0.1, 0.15) is 33.6 Å². The van der Waals surface area contributed by atoms with E-state index in [0.717, 1.165) is 25.9 Å². The molecule has 0 aromatic heterocycles. The molecule has 0 spiro atoms. The Kier molecular flexibility index (Phi) is 7.85. The van der Waals surface area contributed by atoms with Crippen molar-refractivity contribution in [3.63, 3.8) is 0 Å². The monoisotopic (exact) mass is 236 g/mol. The van der Waals surface area contributed by atoms with Crippen LogP contribution in [0, 0.1) is 0 Å². The van der Waals surface area contributed by atoms with Crippen LogP contribution >= 0.6 is 0 Å². The molecule has 0 radical (unpaired) electrons. The van der Waals surface area contributed by atoms with Gasteiger partial charge in [-0.1, -0.05) is 0 Å². The number of halogens is 2. The highest BCUT2D eigenvalue weighted by Crippen LogP contribution is 2.12. The van der Waals surface area contributed by atoms with Crippen LogP contribution in [0.2, 0.25) is 0 Å². The third-order valence-electron chi connectivity index (χ3n) is 2.76. The van der Waals surface area contributed by atoms with Gasteiger partial charge in [0.1, 0.15) is 13.3 Å². The zero-order chi connectivity index (χ0) is 12.6. The first kappa shape index (κ1) is 15.8. The van der Waals surface area contributed by atoms with Gasteiger partial charge in [-0.2, -0.15) is 0 Å². The van der Waals surface area contributed by atoms with E-state index < -0.39 is 19.4 Å². The average Bonchev–Trinajstić information content (AvgIpc) is 2.73. The Morgan fingerprint density at radius 2 is 1.50 bits per heavy atom. The highest BCUT2D eigenvalue weighted by molar-refractivity contribution is 4.74. The number of rotatable bonds is 3. The molecule has 1 N–H and O–H groups in total. The maximum absolute atomic E-state index is 12.0. The SMILES string of the molecule is CNC(C)(C)C.FCC(CF)N1CCCC1. The quantitative estimate of drug-likeness (QED) is 0.809. The maximum Gasteiger partial charge on any atom is 0.107 e. The van der Waals surface area contributed by atoms with E-state index in [0.29, 0.717) is 5.54 Å². The van der Waals surface area contributed by atoms with Crippen molar-refractivity contribution < 1.29 is 8.78 Å². The van der Waals surface area contributed by atoms with Crippen LogP contribution in [0.5, 0.6) is 0 Å². The maximum atomic E-state index is 12.0. The normalized spacial score (nSPS) is 17.4. The van der Waals surface area contributed by atoms with Gasteiger partial charge in [-0.05, 0) is 53.8 Å². The highest BCUT2D eigenvalue weighted by atomic mass is 19.1. The van der Waals surface area contributed by atoms with Gasteiger partial charge in [-0.25, -0.2) is 8.78 Å². The van der Waals surface area contributed by atoms with E-state index in [1.165, 1.54) is 0 Å². The fourth-order valence-corrected chi connectivity index (χ4v) is 1.34. The van der Waals surface area contributed by atoms with Crippen molar-refractivity contribution in [3.8, 4) is 0 Å². The summed E-state index contributed by atoms with van der Waals surface area (Å²) in [6.45, 7) is 7.05. The molecule has 1 aliphatic heterocycles. The molecule has 1 aliphatic rings. The largest absolute Gasteiger partial charge is 0.315 e. The Morgan fingerprint density at radius 3 is 1.75 bits per heavy atom. The van der Waals surface area contributed by atoms with Gasteiger partial charge in [0.25, 0.3) is 0 Å². The Balaban J connectivity index is 0.000000325. The third-order valence-corrected chi connectivity index (χ3v) is 2.76. The first-order chi connectivity index (χ1) is 7.44. The molecule has 1 saturated heterocycles. The summed E-state index contributed by atoms with van der Waals surface area (Å²) < 4.78 is 24.1. The van der Waals surface area contributed by atoms with Gasteiger partial charge in [0.05, 0.1) is 6.04 Å². The van der Waals surface area contributed by atoms with Crippen molar-refractivity contribution in [3.05, 3.63) is 0 Å². The molecule has 4 heteroatoms. The van der Waals surface area contributed by atoms with Crippen LogP contribution < -0.4 is 5.32 Å². The summed E-state index contributed by atoms with van der Waals surface area (Å²) in [5.74, 6) is 0. The first-order valence-corrected chi connectivity index (χ1v) is 5.99. The summed E-state index contributed by atoms with van der Waals surface area (Å²) in [4.78, 5) is 1.89. The van der Waals surface area contributed by atoms with E-state index >= 15 is 0 Å². The van der Waals surface area contributed by atoms with Crippen LogP contribution in [-0.2, 0) is 0 Å². The second-order valence-corrected chi connectivity index (χ2v) is 5.21. The van der Waals surface area contributed by atoms with Gasteiger partial charge in [-0.3, -0.25) is 4.90 Å². The van der Waals surface area contributed by atoms with Crippen molar-refractivity contribution in [2.24, 2.45) is 0 Å². The van der Waals surface area contributed by atoms with Gasteiger partial charge < -0.3 is 5.32 Å². The van der Waals surface area contributed by atoms with Crippen molar-refractivity contribution in [2.75, 3.05) is 33.5 Å². The molecule has 16 heavy (non-hydrogen) atoms. The number of likely N-dealkylation sites (tertiary alicyclic amines) is 1. The molecule has 0 aromatic rings. The van der Waals surface area contributed by atoms with E-state index in [9.17, 15) is 8.78 Å². The van der Waals surface area contributed by atoms with Gasteiger partial charge in [0, 0.05) is 5.54 Å². The lowest BCUT2D eigenvalue weighted by Gasteiger charge is -2.21. The minimum atomic E-state index is -0.545. The Bertz CT molecular complexity index is 159. The number of nitrogens with one attached hydrogen (secondary N) is 1. The lowest BCUT2D eigenvalue weighted by atomic mass is 10.1. The molecular weight excluding hydrogens is 210 g/mol. The van der Waals surface area contributed by atoms with E-state index in [4.69, 9.17) is 0 Å². The van der Waals surface area contributed by atoms with Crippen molar-refractivity contribution in [1.29, 1.82) is 0 Å². The summed E-state index contributed by atoms with van der Waals surface area (Å²) >= 11 is 0. The standard InChI is InChI=1S/C7H13F2N.C5H13N/c8-5-7(6-9)10-3-1-2-4-10;1-5(2,3)6-4/h7H,1-6H2;6H,1-4H3. The number of hydrogen-bond acceptors (Lipinski definition) is 2. The molecule has 2 nitrogen and oxygen atoms in total. The first-order valence-electron chi connectivity index (χ1n) is 5.99. The second kappa shape index (κ2) is 7.96. The van der Waals surface area contributed by atoms with Crippen LogP contribution in [0.15, 0.2) is 0 Å². The zero-order valence-electron chi connectivity index (χ0n) is 11.0. The Hall–Kier alpha value is -0.220. The van der Waals surface area contributed by atoms with Crippen LogP contribution in [0.4, 0.5) is 8.78 Å². The summed E-state index contributed by atoms with van der Waals surface area (Å²) in [5, 5.41) is 3.10. The molecule has 98 valence electrons. The van der Waals surface area contributed by atoms with E-state index in [1.54, 1.807) is 0 Å². The Morgan fingerprint density at radius 1 is 1.12 bits per heavy atom. The lowest BCUT2D eigenvalue weighted by Crippen LogP contribution is -2.35. The third kappa shape index (κ3) is 7.12. The molecule has 0 aromatic carbocycles. The van der Waals surface area contributed by atoms with E-state index in [1.807, 2.05) is 11.9 Å². The predicted molar refractivity (Wildman–Crippen MR) is 65.4 cm³/mol. The summed E-state index contributed by atoms with van der Waals surface area (Å²) in [6, 6.07) is -0.456. The molecular formula is C12H26F2N2. The van der Waals surface area contributed by atoms with Gasteiger partial charge in [0.2, 0.25) is 0 Å². The molecule has 0 saturated carbocycles. The summed E-state index contributed by atoms with van der Waals surface area (Å²) in [6.07, 6.45) is 2.19. The fraction of sp³-hybridized carbons (Fsp3) is 1.00.